The van der Waals surface area contributed by atoms with E-state index >= 15 is 0 Å². The quantitative estimate of drug-likeness (QED) is 0.367. The Balaban J connectivity index is 2.26. The number of hydrogen-bond acceptors (Lipinski definition) is 1. The first-order valence-electron chi connectivity index (χ1n) is 10.6. The fourth-order valence-corrected chi connectivity index (χ4v) is 4.00. The number of fused-ring (bicyclic) bond motifs is 3. The van der Waals surface area contributed by atoms with Gasteiger partial charge in [-0.1, -0.05) is 76.4 Å². The van der Waals surface area contributed by atoms with Gasteiger partial charge in [-0.3, -0.25) is 4.98 Å². The number of nitrogens with zero attached hydrogens (tertiary/aromatic N) is 1. The summed E-state index contributed by atoms with van der Waals surface area (Å²) >= 11 is 0. The van der Waals surface area contributed by atoms with E-state index in [1.807, 2.05) is 0 Å². The Morgan fingerprint density at radius 2 is 1.31 bits per heavy atom. The van der Waals surface area contributed by atoms with Crippen LogP contribution in [-0.2, 0) is 19.3 Å². The number of hydrogen-bond donors (Lipinski definition) is 0. The minimum Gasteiger partial charge on any atom is -0.252 e. The zero-order valence-electron chi connectivity index (χ0n) is 16.8. The van der Waals surface area contributed by atoms with Crippen molar-refractivity contribution in [1.82, 2.24) is 4.98 Å². The highest BCUT2D eigenvalue weighted by atomic mass is 14.7. The zero-order valence-corrected chi connectivity index (χ0v) is 16.8. The first kappa shape index (κ1) is 18.9. The van der Waals surface area contributed by atoms with Crippen molar-refractivity contribution in [1.29, 1.82) is 0 Å². The second kappa shape index (κ2) is 9.16. The topological polar surface area (TPSA) is 12.9 Å². The van der Waals surface area contributed by atoms with Gasteiger partial charge in [0.1, 0.15) is 0 Å². The van der Waals surface area contributed by atoms with Gasteiger partial charge >= 0.3 is 0 Å². The summed E-state index contributed by atoms with van der Waals surface area (Å²) in [6, 6.07) is 13.3. The minimum atomic E-state index is 1.12. The van der Waals surface area contributed by atoms with Crippen LogP contribution in [0.3, 0.4) is 0 Å². The van der Waals surface area contributed by atoms with Crippen LogP contribution in [-0.4, -0.2) is 4.98 Å². The van der Waals surface area contributed by atoms with Crippen LogP contribution in [0.4, 0.5) is 0 Å². The molecule has 1 nitrogen and oxygen atoms in total. The molecule has 3 aromatic rings. The van der Waals surface area contributed by atoms with Crippen LogP contribution in [0.1, 0.15) is 76.1 Å². The van der Waals surface area contributed by atoms with Gasteiger partial charge in [0.05, 0.1) is 5.52 Å². The monoisotopic (exact) mass is 347 g/mol. The Hall–Kier alpha value is -1.89. The standard InChI is InChI=1S/C25H33N/c1-4-7-13-21-22(14-8-5-2)24(16-9-6-3)26-25-20-15-11-10-12-19(20)17-18-23(21)25/h10-12,15,17-18H,4-9,13-14,16H2,1-3H3. The average Bonchev–Trinajstić information content (AvgIpc) is 2.68. The second-order valence-corrected chi connectivity index (χ2v) is 7.51. The molecule has 2 aromatic carbocycles. The van der Waals surface area contributed by atoms with Crippen molar-refractivity contribution in [3.8, 4) is 0 Å². The number of aryl methyl sites for hydroxylation is 2. The molecule has 26 heavy (non-hydrogen) atoms. The van der Waals surface area contributed by atoms with Crippen LogP contribution in [0, 0.1) is 0 Å². The summed E-state index contributed by atoms with van der Waals surface area (Å²) in [5, 5.41) is 4.00. The third kappa shape index (κ3) is 3.92. The van der Waals surface area contributed by atoms with E-state index in [0.717, 1.165) is 6.42 Å². The van der Waals surface area contributed by atoms with Gasteiger partial charge < -0.3 is 0 Å². The predicted molar refractivity (Wildman–Crippen MR) is 115 cm³/mol. The molecule has 0 unspecified atom stereocenters. The summed E-state index contributed by atoms with van der Waals surface area (Å²) in [5.41, 5.74) is 5.74. The zero-order chi connectivity index (χ0) is 18.4. The fraction of sp³-hybridized carbons (Fsp3) is 0.480. The molecule has 1 aromatic heterocycles. The minimum absolute atomic E-state index is 1.12. The van der Waals surface area contributed by atoms with Crippen LogP contribution in [0.5, 0.6) is 0 Å². The smallest absolute Gasteiger partial charge is 0.0786 e. The lowest BCUT2D eigenvalue weighted by molar-refractivity contribution is 0.726. The van der Waals surface area contributed by atoms with Gasteiger partial charge in [-0.2, -0.15) is 0 Å². The molecule has 1 heteroatoms. The summed E-state index contributed by atoms with van der Waals surface area (Å²) in [6.45, 7) is 6.86. The van der Waals surface area contributed by atoms with Gasteiger partial charge in [0.25, 0.3) is 0 Å². The van der Waals surface area contributed by atoms with Crippen LogP contribution < -0.4 is 0 Å². The van der Waals surface area contributed by atoms with Crippen LogP contribution in [0.15, 0.2) is 36.4 Å². The Morgan fingerprint density at radius 3 is 2.04 bits per heavy atom. The predicted octanol–water partition coefficient (Wildman–Crippen LogP) is 7.42. The van der Waals surface area contributed by atoms with Crippen LogP contribution in [0.2, 0.25) is 0 Å². The molecule has 0 radical (unpaired) electrons. The normalized spacial score (nSPS) is 11.5. The van der Waals surface area contributed by atoms with Gasteiger partial charge in [-0.25, -0.2) is 0 Å². The van der Waals surface area contributed by atoms with Crippen molar-refractivity contribution in [3.05, 3.63) is 53.2 Å². The van der Waals surface area contributed by atoms with E-state index in [4.69, 9.17) is 4.98 Å². The van der Waals surface area contributed by atoms with E-state index in [2.05, 4.69) is 57.2 Å². The summed E-state index contributed by atoms with van der Waals surface area (Å²) < 4.78 is 0. The van der Waals surface area contributed by atoms with Crippen molar-refractivity contribution in [2.45, 2.75) is 78.6 Å². The van der Waals surface area contributed by atoms with Crippen molar-refractivity contribution in [2.75, 3.05) is 0 Å². The third-order valence-corrected chi connectivity index (χ3v) is 5.51. The molecule has 0 aliphatic rings. The molecular formula is C25H33N. The van der Waals surface area contributed by atoms with Gasteiger partial charge in [-0.05, 0) is 55.0 Å². The van der Waals surface area contributed by atoms with E-state index in [0.29, 0.717) is 0 Å². The molecule has 0 saturated heterocycles. The summed E-state index contributed by atoms with van der Waals surface area (Å²) in [7, 11) is 0. The molecule has 0 amide bonds. The maximum atomic E-state index is 5.26. The summed E-state index contributed by atoms with van der Waals surface area (Å²) in [6.07, 6.45) is 11.0. The summed E-state index contributed by atoms with van der Waals surface area (Å²) in [5.74, 6) is 0. The molecule has 0 spiro atoms. The molecule has 0 aliphatic carbocycles. The average molecular weight is 348 g/mol. The van der Waals surface area contributed by atoms with E-state index in [1.54, 1.807) is 11.1 Å². The molecule has 1 heterocycles. The lowest BCUT2D eigenvalue weighted by atomic mass is 9.90. The molecule has 0 atom stereocenters. The highest BCUT2D eigenvalue weighted by Crippen LogP contribution is 2.32. The Bertz CT molecular complexity index is 863. The highest BCUT2D eigenvalue weighted by Gasteiger charge is 2.16. The van der Waals surface area contributed by atoms with Gasteiger partial charge in [0.15, 0.2) is 0 Å². The van der Waals surface area contributed by atoms with E-state index in [-0.39, 0.29) is 0 Å². The maximum absolute atomic E-state index is 5.26. The molecule has 0 N–H and O–H groups in total. The molecule has 0 saturated carbocycles. The van der Waals surface area contributed by atoms with E-state index in [1.165, 1.54) is 78.7 Å². The van der Waals surface area contributed by atoms with E-state index < -0.39 is 0 Å². The number of unbranched alkanes of at least 4 members (excludes halogenated alkanes) is 3. The number of rotatable bonds is 9. The van der Waals surface area contributed by atoms with Crippen molar-refractivity contribution in [3.63, 3.8) is 0 Å². The largest absolute Gasteiger partial charge is 0.252 e. The number of pyridine rings is 1. The SMILES string of the molecule is CCCCc1nc2c(ccc3ccccc32)c(CCCC)c1CCCC. The molecule has 0 aliphatic heterocycles. The fourth-order valence-electron chi connectivity index (χ4n) is 4.00. The third-order valence-electron chi connectivity index (χ3n) is 5.51. The van der Waals surface area contributed by atoms with Crippen LogP contribution in [0.25, 0.3) is 21.7 Å². The lowest BCUT2D eigenvalue weighted by Crippen LogP contribution is -2.06. The first-order chi connectivity index (χ1) is 12.8. The maximum Gasteiger partial charge on any atom is 0.0786 e. The highest BCUT2D eigenvalue weighted by molar-refractivity contribution is 6.06. The second-order valence-electron chi connectivity index (χ2n) is 7.51. The Kier molecular flexibility index (Phi) is 6.66. The molecule has 0 bridgehead atoms. The number of aromatic nitrogens is 1. The van der Waals surface area contributed by atoms with Crippen molar-refractivity contribution >= 4 is 21.7 Å². The first-order valence-corrected chi connectivity index (χ1v) is 10.6. The molecule has 0 fully saturated rings. The van der Waals surface area contributed by atoms with E-state index in [9.17, 15) is 0 Å². The van der Waals surface area contributed by atoms with Crippen molar-refractivity contribution in [2.24, 2.45) is 0 Å². The molecular weight excluding hydrogens is 314 g/mol. The van der Waals surface area contributed by atoms with Gasteiger partial charge in [-0.15, -0.1) is 0 Å². The molecule has 138 valence electrons. The number of benzene rings is 2. The lowest BCUT2D eigenvalue weighted by Gasteiger charge is -2.18. The molecule has 3 rings (SSSR count). The van der Waals surface area contributed by atoms with Crippen molar-refractivity contribution < 1.29 is 0 Å². The van der Waals surface area contributed by atoms with Crippen LogP contribution >= 0.6 is 0 Å². The van der Waals surface area contributed by atoms with Gasteiger partial charge in [0, 0.05) is 16.5 Å². The Labute approximate surface area is 158 Å². The Morgan fingerprint density at radius 1 is 0.654 bits per heavy atom. The van der Waals surface area contributed by atoms with Gasteiger partial charge in [0.2, 0.25) is 0 Å². The summed E-state index contributed by atoms with van der Waals surface area (Å²) in [4.78, 5) is 5.26.